The van der Waals surface area contributed by atoms with E-state index in [9.17, 15) is 9.59 Å². The maximum absolute atomic E-state index is 12.1. The maximum atomic E-state index is 12.1. The molecule has 1 aliphatic rings. The van der Waals surface area contributed by atoms with Gasteiger partial charge in [-0.15, -0.1) is 0 Å². The Labute approximate surface area is 144 Å². The summed E-state index contributed by atoms with van der Waals surface area (Å²) in [5.74, 6) is -1.41. The number of benzene rings is 2. The lowest BCUT2D eigenvalue weighted by Gasteiger charge is -2.20. The highest BCUT2D eigenvalue weighted by Crippen LogP contribution is 2.44. The second-order valence-corrected chi connectivity index (χ2v) is 5.79. The smallest absolute Gasteiger partial charge is 0.423 e. The lowest BCUT2D eigenvalue weighted by Crippen LogP contribution is -2.40. The number of fused-ring (bicyclic) bond motifs is 3. The molecule has 1 atom stereocenters. The summed E-state index contributed by atoms with van der Waals surface area (Å²) >= 11 is 0. The average molecular weight is 336 g/mol. The third kappa shape index (κ3) is 2.92. The van der Waals surface area contributed by atoms with Crippen LogP contribution in [0.2, 0.25) is 0 Å². The summed E-state index contributed by atoms with van der Waals surface area (Å²) in [5.41, 5.74) is 4.28. The quantitative estimate of drug-likeness (QED) is 0.684. The van der Waals surface area contributed by atoms with Gasteiger partial charge in [0.05, 0.1) is 0 Å². The molecule has 0 heterocycles. The molecule has 0 unspecified atom stereocenters. The van der Waals surface area contributed by atoms with Crippen molar-refractivity contribution in [2.75, 3.05) is 6.61 Å². The van der Waals surface area contributed by atoms with Crippen molar-refractivity contribution in [3.8, 4) is 17.3 Å². The Morgan fingerprint density at radius 3 is 2.16 bits per heavy atom. The summed E-state index contributed by atoms with van der Waals surface area (Å²) in [5, 5.41) is 18.0. The Balaban J connectivity index is 1.81. The number of carbonyl (C=O) groups is 2. The Bertz CT molecular complexity index is 826. The van der Waals surface area contributed by atoms with E-state index in [4.69, 9.17) is 15.1 Å². The molecule has 3 rings (SSSR count). The number of carboxylic acid groups (broad SMARTS) is 1. The highest BCUT2D eigenvalue weighted by molar-refractivity contribution is 5.81. The molecule has 0 fully saturated rings. The van der Waals surface area contributed by atoms with Gasteiger partial charge in [0.25, 0.3) is 0 Å². The molecule has 0 bridgehead atoms. The minimum atomic E-state index is -1.28. The normalized spacial score (nSPS) is 13.3. The zero-order valence-electron chi connectivity index (χ0n) is 13.5. The topological polar surface area (TPSA) is 90.6 Å². The van der Waals surface area contributed by atoms with Gasteiger partial charge in [0.1, 0.15) is 12.6 Å². The van der Waals surface area contributed by atoms with Crippen LogP contribution in [0, 0.1) is 11.5 Å². The summed E-state index contributed by atoms with van der Waals surface area (Å²) < 4.78 is 5.27. The fraction of sp³-hybridized carbons (Fsp3) is 0.211. The largest absolute Gasteiger partial charge is 0.480 e. The predicted octanol–water partition coefficient (Wildman–Crippen LogP) is 3.19. The van der Waals surface area contributed by atoms with Crippen LogP contribution in [-0.2, 0) is 9.53 Å². The highest BCUT2D eigenvalue weighted by atomic mass is 16.6. The van der Waals surface area contributed by atoms with E-state index in [1.807, 2.05) is 48.5 Å². The molecule has 0 aliphatic heterocycles. The molecule has 0 radical (unpaired) electrons. The van der Waals surface area contributed by atoms with Crippen LogP contribution in [0.1, 0.15) is 24.0 Å². The molecule has 25 heavy (non-hydrogen) atoms. The number of aliphatic carboxylic acids is 1. The first-order valence-corrected chi connectivity index (χ1v) is 7.81. The number of ether oxygens (including phenoxy) is 1. The lowest BCUT2D eigenvalue weighted by atomic mass is 9.98. The number of hydrogen-bond acceptors (Lipinski definition) is 4. The molecule has 6 nitrogen and oxygen atoms in total. The third-order valence-corrected chi connectivity index (χ3v) is 4.39. The van der Waals surface area contributed by atoms with Crippen molar-refractivity contribution < 1.29 is 19.4 Å². The molecule has 2 aromatic rings. The molecule has 6 heteroatoms. The standard InChI is InChI=1S/C19H16N2O4/c1-12(18(22)23)21(11-20)19(24)25-10-17-15-8-4-2-6-13(15)14-7-3-5-9-16(14)17/h2-9,12,17H,10H2,1H3,(H,22,23)/t12-/m0/s1. The summed E-state index contributed by atoms with van der Waals surface area (Å²) in [4.78, 5) is 23.6. The summed E-state index contributed by atoms with van der Waals surface area (Å²) in [7, 11) is 0. The predicted molar refractivity (Wildman–Crippen MR) is 89.6 cm³/mol. The van der Waals surface area contributed by atoms with Gasteiger partial charge in [-0.2, -0.15) is 10.2 Å². The van der Waals surface area contributed by atoms with E-state index >= 15 is 0 Å². The summed E-state index contributed by atoms with van der Waals surface area (Å²) in [6.07, 6.45) is 0.616. The fourth-order valence-corrected chi connectivity index (χ4v) is 3.06. The van der Waals surface area contributed by atoms with E-state index in [1.165, 1.54) is 6.92 Å². The van der Waals surface area contributed by atoms with Crippen molar-refractivity contribution in [2.45, 2.75) is 18.9 Å². The number of amides is 1. The number of nitrogens with zero attached hydrogens (tertiary/aromatic N) is 2. The number of carbonyl (C=O) groups excluding carboxylic acids is 1. The van der Waals surface area contributed by atoms with Crippen molar-refractivity contribution in [1.29, 1.82) is 5.26 Å². The van der Waals surface area contributed by atoms with Gasteiger partial charge in [-0.3, -0.25) is 0 Å². The Morgan fingerprint density at radius 2 is 1.68 bits per heavy atom. The zero-order valence-corrected chi connectivity index (χ0v) is 13.5. The molecule has 0 saturated heterocycles. The first kappa shape index (κ1) is 16.5. The van der Waals surface area contributed by atoms with Crippen molar-refractivity contribution in [1.82, 2.24) is 4.90 Å². The van der Waals surface area contributed by atoms with E-state index in [0.29, 0.717) is 4.90 Å². The van der Waals surface area contributed by atoms with E-state index in [2.05, 4.69) is 0 Å². The average Bonchev–Trinajstić information content (AvgIpc) is 2.94. The molecule has 1 aliphatic carbocycles. The zero-order chi connectivity index (χ0) is 18.0. The number of rotatable bonds is 4. The van der Waals surface area contributed by atoms with Crippen molar-refractivity contribution in [3.05, 3.63) is 59.7 Å². The number of carboxylic acids is 1. The highest BCUT2D eigenvalue weighted by Gasteiger charge is 2.31. The van der Waals surface area contributed by atoms with Gasteiger partial charge in [0, 0.05) is 5.92 Å². The molecule has 2 aromatic carbocycles. The van der Waals surface area contributed by atoms with Crippen molar-refractivity contribution in [3.63, 3.8) is 0 Å². The SMILES string of the molecule is C[C@@H](C(=O)O)N(C#N)C(=O)OCC1c2ccccc2-c2ccccc21. The second-order valence-electron chi connectivity index (χ2n) is 5.79. The molecule has 0 aromatic heterocycles. The minimum absolute atomic E-state index is 0.0391. The van der Waals surface area contributed by atoms with E-state index in [1.54, 1.807) is 6.19 Å². The molecule has 1 N–H and O–H groups in total. The Kier molecular flexibility index (Phi) is 4.40. The second kappa shape index (κ2) is 6.65. The van der Waals surface area contributed by atoms with Crippen LogP contribution in [0.25, 0.3) is 11.1 Å². The van der Waals surface area contributed by atoms with Crippen LogP contribution in [0.3, 0.4) is 0 Å². The Hall–Kier alpha value is -3.33. The maximum Gasteiger partial charge on any atom is 0.423 e. The fourth-order valence-electron chi connectivity index (χ4n) is 3.06. The van der Waals surface area contributed by atoms with Gasteiger partial charge < -0.3 is 9.84 Å². The molecular formula is C19H16N2O4. The molecule has 0 saturated carbocycles. The van der Waals surface area contributed by atoms with E-state index < -0.39 is 18.1 Å². The van der Waals surface area contributed by atoms with Gasteiger partial charge in [0.15, 0.2) is 6.19 Å². The molecule has 126 valence electrons. The Morgan fingerprint density at radius 1 is 1.16 bits per heavy atom. The van der Waals surface area contributed by atoms with Gasteiger partial charge in [-0.1, -0.05) is 48.5 Å². The first-order chi connectivity index (χ1) is 12.0. The summed E-state index contributed by atoms with van der Waals surface area (Å²) in [6, 6.07) is 14.5. The van der Waals surface area contributed by atoms with Crippen LogP contribution in [0.4, 0.5) is 4.79 Å². The van der Waals surface area contributed by atoms with Crippen LogP contribution in [-0.4, -0.2) is 34.7 Å². The van der Waals surface area contributed by atoms with Crippen molar-refractivity contribution >= 4 is 12.1 Å². The lowest BCUT2D eigenvalue weighted by molar-refractivity contribution is -0.141. The summed E-state index contributed by atoms with van der Waals surface area (Å²) in [6.45, 7) is 1.30. The van der Waals surface area contributed by atoms with Crippen molar-refractivity contribution in [2.24, 2.45) is 0 Å². The monoisotopic (exact) mass is 336 g/mol. The van der Waals surface area contributed by atoms with Crippen LogP contribution in [0.5, 0.6) is 0 Å². The molecule has 1 amide bonds. The van der Waals surface area contributed by atoms with E-state index in [-0.39, 0.29) is 12.5 Å². The van der Waals surface area contributed by atoms with Gasteiger partial charge in [0.2, 0.25) is 0 Å². The number of nitriles is 1. The van der Waals surface area contributed by atoms with Gasteiger partial charge >= 0.3 is 12.1 Å². The van der Waals surface area contributed by atoms with Crippen LogP contribution < -0.4 is 0 Å². The van der Waals surface area contributed by atoms with E-state index in [0.717, 1.165) is 22.3 Å². The first-order valence-electron chi connectivity index (χ1n) is 7.81. The molecule has 0 spiro atoms. The van der Waals surface area contributed by atoms with Gasteiger partial charge in [-0.25, -0.2) is 9.59 Å². The molecular weight excluding hydrogens is 320 g/mol. The third-order valence-electron chi connectivity index (χ3n) is 4.39. The van der Waals surface area contributed by atoms with Crippen LogP contribution >= 0.6 is 0 Å². The van der Waals surface area contributed by atoms with Crippen LogP contribution in [0.15, 0.2) is 48.5 Å². The van der Waals surface area contributed by atoms with Gasteiger partial charge in [-0.05, 0) is 29.2 Å². The minimum Gasteiger partial charge on any atom is -0.480 e. The number of hydrogen-bond donors (Lipinski definition) is 1.